The van der Waals surface area contributed by atoms with Crippen LogP contribution in [0, 0.1) is 0 Å². The van der Waals surface area contributed by atoms with Gasteiger partial charge in [0.05, 0.1) is 4.34 Å². The van der Waals surface area contributed by atoms with Crippen LogP contribution >= 0.6 is 22.9 Å². The quantitative estimate of drug-likeness (QED) is 0.928. The number of nitrogens with one attached hydrogen (secondary N) is 1. The van der Waals surface area contributed by atoms with Crippen molar-refractivity contribution in [1.29, 1.82) is 0 Å². The number of rotatable bonds is 3. The number of ether oxygens (including phenoxy) is 1. The molecule has 0 saturated carbocycles. The van der Waals surface area contributed by atoms with Crippen molar-refractivity contribution in [2.75, 3.05) is 6.61 Å². The van der Waals surface area contributed by atoms with Crippen molar-refractivity contribution in [2.24, 2.45) is 0 Å². The number of hydrogen-bond acceptors (Lipinski definition) is 5. The summed E-state index contributed by atoms with van der Waals surface area (Å²) in [6, 6.07) is 9.91. The van der Waals surface area contributed by atoms with Crippen molar-refractivity contribution in [3.63, 3.8) is 0 Å². The molecule has 0 fully saturated rings. The molecule has 1 atom stereocenters. The van der Waals surface area contributed by atoms with Crippen molar-refractivity contribution in [2.45, 2.75) is 10.1 Å². The molecule has 1 aromatic heterocycles. The molecule has 1 aliphatic rings. The summed E-state index contributed by atoms with van der Waals surface area (Å²) in [5, 5.41) is 0. The molecule has 0 aliphatic carbocycles. The molecule has 1 amide bonds. The minimum atomic E-state index is -3.90. The lowest BCUT2D eigenvalue weighted by Crippen LogP contribution is -2.34. The first-order valence-corrected chi connectivity index (χ1v) is 8.69. The molecule has 0 radical (unpaired) electrons. The summed E-state index contributed by atoms with van der Waals surface area (Å²) < 4.78 is 32.0. The van der Waals surface area contributed by atoms with E-state index in [1.807, 2.05) is 0 Å². The zero-order valence-corrected chi connectivity index (χ0v) is 13.0. The van der Waals surface area contributed by atoms with Crippen molar-refractivity contribution < 1.29 is 17.9 Å². The predicted octanol–water partition coefficient (Wildman–Crippen LogP) is 2.38. The van der Waals surface area contributed by atoms with Crippen LogP contribution in [-0.2, 0) is 14.8 Å². The van der Waals surface area contributed by atoms with Gasteiger partial charge in [-0.25, -0.2) is 13.1 Å². The summed E-state index contributed by atoms with van der Waals surface area (Å²) in [5.41, 5.74) is 0.689. The van der Waals surface area contributed by atoms with Gasteiger partial charge in [0.2, 0.25) is 5.91 Å². The minimum absolute atomic E-state index is 0.00745. The smallest absolute Gasteiger partial charge is 0.273 e. The van der Waals surface area contributed by atoms with Crippen LogP contribution in [0.4, 0.5) is 0 Å². The average Bonchev–Trinajstić information content (AvgIpc) is 3.04. The second kappa shape index (κ2) is 5.32. The predicted molar refractivity (Wildman–Crippen MR) is 79.3 cm³/mol. The van der Waals surface area contributed by atoms with Crippen LogP contribution in [0.3, 0.4) is 0 Å². The number of benzene rings is 1. The van der Waals surface area contributed by atoms with Crippen molar-refractivity contribution >= 4 is 38.9 Å². The van der Waals surface area contributed by atoms with E-state index in [-0.39, 0.29) is 10.8 Å². The Bertz CT molecular complexity index is 800. The Labute approximate surface area is 130 Å². The summed E-state index contributed by atoms with van der Waals surface area (Å²) in [7, 11) is -3.90. The highest BCUT2D eigenvalue weighted by molar-refractivity contribution is 7.92. The van der Waals surface area contributed by atoms with Gasteiger partial charge < -0.3 is 4.74 Å². The molecule has 0 bridgehead atoms. The SMILES string of the molecule is O=C(NS(=O)(=O)c1ccc(Cl)s1)[C@H]1COc2ccccc21. The van der Waals surface area contributed by atoms with Crippen molar-refractivity contribution in [3.05, 3.63) is 46.3 Å². The van der Waals surface area contributed by atoms with Gasteiger partial charge in [-0.2, -0.15) is 0 Å². The Morgan fingerprint density at radius 3 is 2.76 bits per heavy atom. The number of halogens is 1. The number of hydrogen-bond donors (Lipinski definition) is 1. The molecule has 1 aromatic carbocycles. The van der Waals surface area contributed by atoms with Gasteiger partial charge in [-0.1, -0.05) is 29.8 Å². The Balaban J connectivity index is 1.82. The largest absolute Gasteiger partial charge is 0.492 e. The molecule has 1 N–H and O–H groups in total. The van der Waals surface area contributed by atoms with E-state index in [2.05, 4.69) is 4.72 Å². The molecule has 2 heterocycles. The molecule has 3 rings (SSSR count). The Kier molecular flexibility index (Phi) is 3.64. The van der Waals surface area contributed by atoms with E-state index in [9.17, 15) is 13.2 Å². The summed E-state index contributed by atoms with van der Waals surface area (Å²) >= 11 is 6.61. The van der Waals surface area contributed by atoms with Gasteiger partial charge >= 0.3 is 0 Å². The van der Waals surface area contributed by atoms with E-state index in [1.54, 1.807) is 24.3 Å². The number of amides is 1. The van der Waals surface area contributed by atoms with E-state index in [0.29, 0.717) is 15.6 Å². The maximum atomic E-state index is 12.2. The molecule has 5 nitrogen and oxygen atoms in total. The normalized spacial score (nSPS) is 17.1. The van der Waals surface area contributed by atoms with Crippen molar-refractivity contribution in [3.8, 4) is 5.75 Å². The lowest BCUT2D eigenvalue weighted by atomic mass is 10.0. The van der Waals surface area contributed by atoms with Gasteiger partial charge in [-0.15, -0.1) is 11.3 Å². The van der Waals surface area contributed by atoms with E-state index in [4.69, 9.17) is 16.3 Å². The van der Waals surface area contributed by atoms with Crippen LogP contribution in [0.2, 0.25) is 4.34 Å². The van der Waals surface area contributed by atoms with Crippen molar-refractivity contribution in [1.82, 2.24) is 4.72 Å². The van der Waals surface area contributed by atoms with E-state index >= 15 is 0 Å². The third-order valence-electron chi connectivity index (χ3n) is 3.06. The molecular weight excluding hydrogens is 334 g/mol. The maximum absolute atomic E-state index is 12.2. The van der Waals surface area contributed by atoms with Crippen LogP contribution in [0.1, 0.15) is 11.5 Å². The summed E-state index contributed by atoms with van der Waals surface area (Å²) in [4.78, 5) is 12.2. The van der Waals surface area contributed by atoms with Crippen LogP contribution in [0.25, 0.3) is 0 Å². The summed E-state index contributed by atoms with van der Waals surface area (Å²) in [6.07, 6.45) is 0. The Morgan fingerprint density at radius 2 is 2.05 bits per heavy atom. The number of sulfonamides is 1. The van der Waals surface area contributed by atoms with Crippen LogP contribution in [0.5, 0.6) is 5.75 Å². The second-order valence-corrected chi connectivity index (χ2v) is 8.05. The minimum Gasteiger partial charge on any atom is -0.492 e. The second-order valence-electron chi connectivity index (χ2n) is 4.43. The Morgan fingerprint density at radius 1 is 1.29 bits per heavy atom. The maximum Gasteiger partial charge on any atom is 0.273 e. The first-order chi connectivity index (χ1) is 9.97. The van der Waals surface area contributed by atoms with Gasteiger partial charge in [0.1, 0.15) is 22.5 Å². The van der Waals surface area contributed by atoms with Crippen LogP contribution in [-0.4, -0.2) is 20.9 Å². The fourth-order valence-electron chi connectivity index (χ4n) is 2.08. The topological polar surface area (TPSA) is 72.5 Å². The molecular formula is C13H10ClNO4S2. The van der Waals surface area contributed by atoms with E-state index in [1.165, 1.54) is 12.1 Å². The van der Waals surface area contributed by atoms with Gasteiger partial charge in [-0.3, -0.25) is 4.79 Å². The summed E-state index contributed by atoms with van der Waals surface area (Å²) in [5.74, 6) is -0.634. The van der Waals surface area contributed by atoms with Gasteiger partial charge in [-0.05, 0) is 18.2 Å². The van der Waals surface area contributed by atoms with Gasteiger partial charge in [0, 0.05) is 5.56 Å². The zero-order chi connectivity index (χ0) is 15.0. The van der Waals surface area contributed by atoms with Gasteiger partial charge in [0.25, 0.3) is 10.0 Å². The monoisotopic (exact) mass is 343 g/mol. The molecule has 110 valence electrons. The van der Waals surface area contributed by atoms with E-state index < -0.39 is 21.8 Å². The average molecular weight is 344 g/mol. The highest BCUT2D eigenvalue weighted by atomic mass is 35.5. The molecule has 0 saturated heterocycles. The fraction of sp³-hybridized carbons (Fsp3) is 0.154. The van der Waals surface area contributed by atoms with Gasteiger partial charge in [0.15, 0.2) is 0 Å². The highest BCUT2D eigenvalue weighted by Crippen LogP contribution is 2.34. The van der Waals surface area contributed by atoms with E-state index in [0.717, 1.165) is 11.3 Å². The first-order valence-electron chi connectivity index (χ1n) is 6.01. The number of thiophene rings is 1. The lowest BCUT2D eigenvalue weighted by molar-refractivity contribution is -0.120. The molecule has 0 unspecified atom stereocenters. The molecule has 2 aromatic rings. The third kappa shape index (κ3) is 2.76. The Hall–Kier alpha value is -1.57. The molecule has 8 heteroatoms. The van der Waals surface area contributed by atoms with Crippen LogP contribution in [0.15, 0.2) is 40.6 Å². The number of carbonyl (C=O) groups excluding carboxylic acids is 1. The zero-order valence-electron chi connectivity index (χ0n) is 10.6. The highest BCUT2D eigenvalue weighted by Gasteiger charge is 2.33. The number of fused-ring (bicyclic) bond motifs is 1. The fourth-order valence-corrected chi connectivity index (χ4v) is 4.58. The first kappa shape index (κ1) is 14.4. The number of para-hydroxylation sites is 1. The molecule has 1 aliphatic heterocycles. The summed E-state index contributed by atoms with van der Waals surface area (Å²) in [6.45, 7) is 0.131. The third-order valence-corrected chi connectivity index (χ3v) is 6.13. The van der Waals surface area contributed by atoms with Crippen LogP contribution < -0.4 is 9.46 Å². The standard InChI is InChI=1S/C13H10ClNO4S2/c14-11-5-6-12(20-11)21(17,18)15-13(16)9-7-19-10-4-2-1-3-8(9)10/h1-6,9H,7H2,(H,15,16)/t9-/m0/s1. The molecule has 21 heavy (non-hydrogen) atoms. The molecule has 0 spiro atoms. The lowest BCUT2D eigenvalue weighted by Gasteiger charge is -2.09. The number of carbonyl (C=O) groups is 1.